The average molecular weight is 421 g/mol. The highest BCUT2D eigenvalue weighted by atomic mass is 32.2. The predicted octanol–water partition coefficient (Wildman–Crippen LogP) is 2.74. The molecule has 0 saturated carbocycles. The van der Waals surface area contributed by atoms with Gasteiger partial charge in [-0.2, -0.15) is 0 Å². The van der Waals surface area contributed by atoms with Crippen LogP contribution in [0, 0.1) is 6.92 Å². The minimum atomic E-state index is -3.92. The molecule has 0 radical (unpaired) electrons. The van der Waals surface area contributed by atoms with E-state index in [1.54, 1.807) is 24.3 Å². The second-order valence-corrected chi connectivity index (χ2v) is 8.55. The summed E-state index contributed by atoms with van der Waals surface area (Å²) >= 11 is 0. The van der Waals surface area contributed by atoms with E-state index in [2.05, 4.69) is 4.72 Å². The number of rotatable bonds is 11. The van der Waals surface area contributed by atoms with Gasteiger partial charge in [0, 0.05) is 18.2 Å². The quantitative estimate of drug-likeness (QED) is 0.380. The maximum atomic E-state index is 12.8. The fourth-order valence-electron chi connectivity index (χ4n) is 2.87. The van der Waals surface area contributed by atoms with Gasteiger partial charge in [-0.1, -0.05) is 42.7 Å². The monoisotopic (exact) mass is 420 g/mol. The summed E-state index contributed by atoms with van der Waals surface area (Å²) in [6.45, 7) is 2.78. The molecule has 0 aliphatic rings. The summed E-state index contributed by atoms with van der Waals surface area (Å²) < 4.78 is 33.2. The molecule has 0 fully saturated rings. The van der Waals surface area contributed by atoms with Crippen molar-refractivity contribution in [2.24, 2.45) is 5.73 Å². The van der Waals surface area contributed by atoms with Crippen LogP contribution in [0.5, 0.6) is 11.5 Å². The lowest BCUT2D eigenvalue weighted by Gasteiger charge is -2.14. The van der Waals surface area contributed by atoms with E-state index in [1.807, 2.05) is 6.92 Å². The Labute approximate surface area is 171 Å². The molecule has 2 aromatic carbocycles. The topological polar surface area (TPSA) is 119 Å². The fourth-order valence-corrected chi connectivity index (χ4v) is 4.12. The molecular weight excluding hydrogens is 392 g/mol. The molecule has 2 aromatic rings. The van der Waals surface area contributed by atoms with Crippen molar-refractivity contribution < 1.29 is 23.1 Å². The van der Waals surface area contributed by atoms with Gasteiger partial charge in [0.25, 0.3) is 0 Å². The van der Waals surface area contributed by atoms with E-state index >= 15 is 0 Å². The Morgan fingerprint density at radius 1 is 1.10 bits per heavy atom. The molecule has 8 heteroatoms. The number of nitrogens with one attached hydrogen (secondary N) is 1. The van der Waals surface area contributed by atoms with Crippen molar-refractivity contribution in [1.29, 1.82) is 0 Å². The SMILES string of the molecule is COc1cc(O)c(C(=O)c2ccc(C)cc2)cc1S(=O)(=O)NCCCCCCN. The summed E-state index contributed by atoms with van der Waals surface area (Å²) in [6.07, 6.45) is 3.39. The number of aryl methyl sites for hydroxylation is 1. The third-order valence-electron chi connectivity index (χ3n) is 4.55. The van der Waals surface area contributed by atoms with Gasteiger partial charge in [0.15, 0.2) is 5.78 Å². The number of nitrogens with two attached hydrogens (primary N) is 1. The van der Waals surface area contributed by atoms with Crippen LogP contribution in [-0.2, 0) is 10.0 Å². The van der Waals surface area contributed by atoms with Crippen molar-refractivity contribution >= 4 is 15.8 Å². The highest BCUT2D eigenvalue weighted by Crippen LogP contribution is 2.32. The number of sulfonamides is 1. The summed E-state index contributed by atoms with van der Waals surface area (Å²) in [5.74, 6) is -0.838. The first-order valence-electron chi connectivity index (χ1n) is 9.52. The number of ether oxygens (including phenoxy) is 1. The van der Waals surface area contributed by atoms with Gasteiger partial charge in [0.2, 0.25) is 10.0 Å². The van der Waals surface area contributed by atoms with Crippen LogP contribution >= 0.6 is 0 Å². The standard InChI is InChI=1S/C21H28N2O5S/c1-15-7-9-16(10-8-15)21(25)17-13-20(19(28-2)14-18(17)24)29(26,27)23-12-6-4-3-5-11-22/h7-10,13-14,23-24H,3-6,11-12,22H2,1-2H3. The molecule has 0 aliphatic heterocycles. The van der Waals surface area contributed by atoms with Gasteiger partial charge in [0.05, 0.1) is 12.7 Å². The van der Waals surface area contributed by atoms with Crippen molar-refractivity contribution in [2.45, 2.75) is 37.5 Å². The Morgan fingerprint density at radius 3 is 2.38 bits per heavy atom. The molecule has 2 rings (SSSR count). The Kier molecular flexibility index (Phi) is 8.19. The van der Waals surface area contributed by atoms with Crippen LogP contribution in [0.25, 0.3) is 0 Å². The number of methoxy groups -OCH3 is 1. The highest BCUT2D eigenvalue weighted by Gasteiger charge is 2.24. The summed E-state index contributed by atoms with van der Waals surface area (Å²) in [4.78, 5) is 12.6. The maximum Gasteiger partial charge on any atom is 0.244 e. The summed E-state index contributed by atoms with van der Waals surface area (Å²) in [5.41, 5.74) is 6.69. The Hall–Kier alpha value is -2.42. The van der Waals surface area contributed by atoms with Crippen molar-refractivity contribution in [3.63, 3.8) is 0 Å². The number of ketones is 1. The molecule has 0 aromatic heterocycles. The van der Waals surface area contributed by atoms with Gasteiger partial charge in [-0.3, -0.25) is 4.79 Å². The number of unbranched alkanes of at least 4 members (excludes halogenated alkanes) is 3. The molecule has 4 N–H and O–H groups in total. The van der Waals surface area contributed by atoms with Gasteiger partial charge in [0.1, 0.15) is 16.4 Å². The zero-order valence-electron chi connectivity index (χ0n) is 16.8. The number of carbonyl (C=O) groups is 1. The molecule has 0 bridgehead atoms. The summed E-state index contributed by atoms with van der Waals surface area (Å²) in [7, 11) is -2.61. The minimum absolute atomic E-state index is 0.0291. The number of phenols is 1. The van der Waals surface area contributed by atoms with Crippen LogP contribution in [0.15, 0.2) is 41.3 Å². The van der Waals surface area contributed by atoms with Gasteiger partial charge in [-0.15, -0.1) is 0 Å². The Balaban J connectivity index is 2.27. The predicted molar refractivity (Wildman–Crippen MR) is 112 cm³/mol. The Bertz CT molecular complexity index is 940. The van der Waals surface area contributed by atoms with Crippen LogP contribution in [0.1, 0.15) is 47.2 Å². The van der Waals surface area contributed by atoms with E-state index in [4.69, 9.17) is 10.5 Å². The molecule has 7 nitrogen and oxygen atoms in total. The molecule has 0 atom stereocenters. The average Bonchev–Trinajstić information content (AvgIpc) is 2.70. The number of aromatic hydroxyl groups is 1. The van der Waals surface area contributed by atoms with E-state index < -0.39 is 15.8 Å². The largest absolute Gasteiger partial charge is 0.507 e. The molecular formula is C21H28N2O5S. The van der Waals surface area contributed by atoms with Crippen LogP contribution in [0.2, 0.25) is 0 Å². The lowest BCUT2D eigenvalue weighted by molar-refractivity contribution is 0.103. The highest BCUT2D eigenvalue weighted by molar-refractivity contribution is 7.89. The van der Waals surface area contributed by atoms with Gasteiger partial charge >= 0.3 is 0 Å². The first-order valence-corrected chi connectivity index (χ1v) is 11.0. The number of hydrogen-bond acceptors (Lipinski definition) is 6. The van der Waals surface area contributed by atoms with E-state index in [-0.39, 0.29) is 28.5 Å². The molecule has 0 spiro atoms. The number of carbonyl (C=O) groups excluding carboxylic acids is 1. The minimum Gasteiger partial charge on any atom is -0.507 e. The van der Waals surface area contributed by atoms with Crippen LogP contribution in [0.3, 0.4) is 0 Å². The smallest absolute Gasteiger partial charge is 0.244 e. The van der Waals surface area contributed by atoms with Crippen LogP contribution in [0.4, 0.5) is 0 Å². The first kappa shape index (κ1) is 22.9. The second kappa shape index (κ2) is 10.4. The van der Waals surface area contributed by atoms with Crippen molar-refractivity contribution in [3.8, 4) is 11.5 Å². The lowest BCUT2D eigenvalue weighted by Crippen LogP contribution is -2.25. The van der Waals surface area contributed by atoms with Crippen LogP contribution < -0.4 is 15.2 Å². The van der Waals surface area contributed by atoms with Crippen molar-refractivity contribution in [3.05, 3.63) is 53.1 Å². The Morgan fingerprint density at radius 2 is 1.76 bits per heavy atom. The van der Waals surface area contributed by atoms with Crippen molar-refractivity contribution in [2.75, 3.05) is 20.2 Å². The molecule has 0 heterocycles. The van der Waals surface area contributed by atoms with E-state index in [1.165, 1.54) is 7.11 Å². The van der Waals surface area contributed by atoms with E-state index in [9.17, 15) is 18.3 Å². The molecule has 0 unspecified atom stereocenters. The first-order chi connectivity index (χ1) is 13.8. The summed E-state index contributed by atoms with van der Waals surface area (Å²) in [5, 5.41) is 10.3. The third kappa shape index (κ3) is 6.03. The van der Waals surface area contributed by atoms with Gasteiger partial charge in [-0.05, 0) is 32.4 Å². The fraction of sp³-hybridized carbons (Fsp3) is 0.381. The molecule has 158 valence electrons. The van der Waals surface area contributed by atoms with Gasteiger partial charge < -0.3 is 15.6 Å². The van der Waals surface area contributed by atoms with Gasteiger partial charge in [-0.25, -0.2) is 13.1 Å². The second-order valence-electron chi connectivity index (χ2n) is 6.82. The summed E-state index contributed by atoms with van der Waals surface area (Å²) in [6, 6.07) is 9.13. The number of hydrogen-bond donors (Lipinski definition) is 3. The molecule has 0 amide bonds. The number of benzene rings is 2. The number of phenolic OH excluding ortho intramolecular Hbond substituents is 1. The lowest BCUT2D eigenvalue weighted by atomic mass is 10.0. The zero-order valence-corrected chi connectivity index (χ0v) is 17.6. The van der Waals surface area contributed by atoms with E-state index in [0.717, 1.165) is 37.0 Å². The molecule has 0 aliphatic carbocycles. The molecule has 0 saturated heterocycles. The maximum absolute atomic E-state index is 12.8. The van der Waals surface area contributed by atoms with Crippen LogP contribution in [-0.4, -0.2) is 39.5 Å². The van der Waals surface area contributed by atoms with Crippen molar-refractivity contribution in [1.82, 2.24) is 4.72 Å². The third-order valence-corrected chi connectivity index (χ3v) is 6.04. The normalized spacial score (nSPS) is 11.4. The van der Waals surface area contributed by atoms with E-state index in [0.29, 0.717) is 18.5 Å². The molecule has 29 heavy (non-hydrogen) atoms. The zero-order chi connectivity index (χ0) is 21.4.